The van der Waals surface area contributed by atoms with Gasteiger partial charge in [0.25, 0.3) is 0 Å². The second-order valence-electron chi connectivity index (χ2n) is 4.56. The van der Waals surface area contributed by atoms with Crippen LogP contribution in [0.1, 0.15) is 15.2 Å². The summed E-state index contributed by atoms with van der Waals surface area (Å²) in [5.74, 6) is 0.720. The SMILES string of the molecule is C=C(C(=O)c1cc2ccc(OC)cc2s1)c1cccnc1. The van der Waals surface area contributed by atoms with Crippen LogP contribution in [0.2, 0.25) is 0 Å². The van der Waals surface area contributed by atoms with Gasteiger partial charge in [0.1, 0.15) is 5.75 Å². The third-order valence-electron chi connectivity index (χ3n) is 3.24. The molecule has 0 N–H and O–H groups in total. The predicted molar refractivity (Wildman–Crippen MR) is 86.0 cm³/mol. The van der Waals surface area contributed by atoms with Crippen LogP contribution < -0.4 is 4.74 Å². The van der Waals surface area contributed by atoms with E-state index in [1.807, 2.05) is 30.3 Å². The van der Waals surface area contributed by atoms with E-state index in [2.05, 4.69) is 11.6 Å². The molecule has 2 aromatic heterocycles. The Hall–Kier alpha value is -2.46. The average Bonchev–Trinajstić information content (AvgIpc) is 2.97. The molecular formula is C17H13NO2S. The van der Waals surface area contributed by atoms with Crippen LogP contribution in [0.5, 0.6) is 5.75 Å². The van der Waals surface area contributed by atoms with E-state index >= 15 is 0 Å². The van der Waals surface area contributed by atoms with Gasteiger partial charge in [-0.15, -0.1) is 11.3 Å². The number of fused-ring (bicyclic) bond motifs is 1. The molecule has 2 heterocycles. The lowest BCUT2D eigenvalue weighted by Crippen LogP contribution is -1.99. The monoisotopic (exact) mass is 295 g/mol. The van der Waals surface area contributed by atoms with Crippen LogP contribution in [0.15, 0.2) is 55.4 Å². The molecule has 0 amide bonds. The first-order valence-corrected chi connectivity index (χ1v) is 7.22. The molecule has 0 bridgehead atoms. The van der Waals surface area contributed by atoms with E-state index in [0.29, 0.717) is 10.5 Å². The fraction of sp³-hybridized carbons (Fsp3) is 0.0588. The Morgan fingerprint density at radius 3 is 2.86 bits per heavy atom. The summed E-state index contributed by atoms with van der Waals surface area (Å²) in [7, 11) is 1.63. The van der Waals surface area contributed by atoms with E-state index < -0.39 is 0 Å². The number of rotatable bonds is 4. The summed E-state index contributed by atoms with van der Waals surface area (Å²) in [5, 5.41) is 1.03. The minimum absolute atomic E-state index is 0.0665. The molecule has 0 fully saturated rings. The Morgan fingerprint density at radius 1 is 1.29 bits per heavy atom. The number of hydrogen-bond acceptors (Lipinski definition) is 4. The number of carbonyl (C=O) groups excluding carboxylic acids is 1. The number of benzene rings is 1. The maximum atomic E-state index is 12.5. The molecule has 0 saturated heterocycles. The number of allylic oxidation sites excluding steroid dienone is 1. The van der Waals surface area contributed by atoms with Crippen molar-refractivity contribution in [2.75, 3.05) is 7.11 Å². The van der Waals surface area contributed by atoms with E-state index in [9.17, 15) is 4.79 Å². The second-order valence-corrected chi connectivity index (χ2v) is 5.65. The number of Topliss-reactive ketones (excluding diaryl/α,β-unsaturated/α-hetero) is 1. The van der Waals surface area contributed by atoms with Crippen LogP contribution in [0, 0.1) is 0 Å². The van der Waals surface area contributed by atoms with E-state index in [1.54, 1.807) is 25.6 Å². The summed E-state index contributed by atoms with van der Waals surface area (Å²) in [6, 6.07) is 11.3. The molecule has 3 rings (SSSR count). The van der Waals surface area contributed by atoms with Crippen molar-refractivity contribution >= 4 is 32.8 Å². The van der Waals surface area contributed by atoms with Gasteiger partial charge >= 0.3 is 0 Å². The second kappa shape index (κ2) is 5.50. The van der Waals surface area contributed by atoms with Gasteiger partial charge in [-0.25, -0.2) is 0 Å². The van der Waals surface area contributed by atoms with E-state index in [4.69, 9.17) is 4.74 Å². The molecule has 0 unspecified atom stereocenters. The van der Waals surface area contributed by atoms with Crippen molar-refractivity contribution < 1.29 is 9.53 Å². The van der Waals surface area contributed by atoms with Crippen LogP contribution in [0.4, 0.5) is 0 Å². The fourth-order valence-electron chi connectivity index (χ4n) is 2.07. The Bertz CT molecular complexity index is 821. The number of pyridine rings is 1. The van der Waals surface area contributed by atoms with Gasteiger partial charge in [0.2, 0.25) is 5.78 Å². The quantitative estimate of drug-likeness (QED) is 0.535. The largest absolute Gasteiger partial charge is 0.497 e. The molecule has 0 aliphatic carbocycles. The summed E-state index contributed by atoms with van der Waals surface area (Å²) in [5.41, 5.74) is 1.21. The van der Waals surface area contributed by atoms with Gasteiger partial charge in [0.15, 0.2) is 0 Å². The molecule has 0 spiro atoms. The maximum absolute atomic E-state index is 12.5. The van der Waals surface area contributed by atoms with Crippen LogP contribution >= 0.6 is 11.3 Å². The molecule has 0 atom stereocenters. The highest BCUT2D eigenvalue weighted by Crippen LogP contribution is 2.31. The number of aromatic nitrogens is 1. The Balaban J connectivity index is 1.96. The van der Waals surface area contributed by atoms with Crippen molar-refractivity contribution in [2.45, 2.75) is 0 Å². The highest BCUT2D eigenvalue weighted by atomic mass is 32.1. The van der Waals surface area contributed by atoms with Crippen LogP contribution in [-0.4, -0.2) is 17.9 Å². The van der Waals surface area contributed by atoms with Crippen molar-refractivity contribution in [1.29, 1.82) is 0 Å². The van der Waals surface area contributed by atoms with Crippen molar-refractivity contribution in [3.8, 4) is 5.75 Å². The number of ketones is 1. The topological polar surface area (TPSA) is 39.2 Å². The third kappa shape index (κ3) is 2.58. The summed E-state index contributed by atoms with van der Waals surface area (Å²) in [6.07, 6.45) is 3.32. The molecule has 3 aromatic rings. The number of hydrogen-bond donors (Lipinski definition) is 0. The Morgan fingerprint density at radius 2 is 2.14 bits per heavy atom. The first-order chi connectivity index (χ1) is 10.2. The summed E-state index contributed by atoms with van der Waals surface area (Å²) in [6.45, 7) is 3.90. The van der Waals surface area contributed by atoms with E-state index in [-0.39, 0.29) is 5.78 Å². The Labute approximate surface area is 126 Å². The zero-order chi connectivity index (χ0) is 14.8. The molecule has 104 valence electrons. The summed E-state index contributed by atoms with van der Waals surface area (Å²) >= 11 is 1.45. The minimum Gasteiger partial charge on any atom is -0.497 e. The first kappa shape index (κ1) is 13.5. The molecule has 0 saturated carbocycles. The molecule has 4 heteroatoms. The molecule has 21 heavy (non-hydrogen) atoms. The standard InChI is InChI=1S/C17H13NO2S/c1-11(13-4-3-7-18-10-13)17(19)16-8-12-5-6-14(20-2)9-15(12)21-16/h3-10H,1H2,2H3. The zero-order valence-electron chi connectivity index (χ0n) is 11.5. The minimum atomic E-state index is -0.0665. The highest BCUT2D eigenvalue weighted by molar-refractivity contribution is 7.21. The average molecular weight is 295 g/mol. The lowest BCUT2D eigenvalue weighted by Gasteiger charge is -2.01. The number of ether oxygens (including phenoxy) is 1. The third-order valence-corrected chi connectivity index (χ3v) is 4.33. The van der Waals surface area contributed by atoms with Gasteiger partial charge in [0.05, 0.1) is 12.0 Å². The number of nitrogens with zero attached hydrogens (tertiary/aromatic N) is 1. The van der Waals surface area contributed by atoms with Crippen molar-refractivity contribution in [3.05, 3.63) is 65.8 Å². The normalized spacial score (nSPS) is 10.5. The molecular weight excluding hydrogens is 282 g/mol. The summed E-state index contributed by atoms with van der Waals surface area (Å²) in [4.78, 5) is 17.2. The van der Waals surface area contributed by atoms with Gasteiger partial charge in [-0.05, 0) is 35.7 Å². The molecule has 0 radical (unpaired) electrons. The number of thiophene rings is 1. The van der Waals surface area contributed by atoms with E-state index in [1.165, 1.54) is 11.3 Å². The fourth-order valence-corrected chi connectivity index (χ4v) is 3.13. The number of methoxy groups -OCH3 is 1. The van der Waals surface area contributed by atoms with Gasteiger partial charge < -0.3 is 4.74 Å². The maximum Gasteiger partial charge on any atom is 0.203 e. The molecule has 1 aromatic carbocycles. The zero-order valence-corrected chi connectivity index (χ0v) is 12.3. The van der Waals surface area contributed by atoms with Gasteiger partial charge in [-0.3, -0.25) is 9.78 Å². The van der Waals surface area contributed by atoms with Crippen LogP contribution in [0.3, 0.4) is 0 Å². The first-order valence-electron chi connectivity index (χ1n) is 6.40. The van der Waals surface area contributed by atoms with Gasteiger partial charge in [-0.1, -0.05) is 12.6 Å². The van der Waals surface area contributed by atoms with Crippen molar-refractivity contribution in [1.82, 2.24) is 4.98 Å². The lowest BCUT2D eigenvalue weighted by atomic mass is 10.0. The van der Waals surface area contributed by atoms with Crippen molar-refractivity contribution in [2.24, 2.45) is 0 Å². The number of carbonyl (C=O) groups is 1. The molecule has 0 aliphatic heterocycles. The Kier molecular flexibility index (Phi) is 3.54. The van der Waals surface area contributed by atoms with Crippen molar-refractivity contribution in [3.63, 3.8) is 0 Å². The van der Waals surface area contributed by atoms with Gasteiger partial charge in [0, 0.05) is 28.2 Å². The van der Waals surface area contributed by atoms with Crippen LogP contribution in [0.25, 0.3) is 15.7 Å². The highest BCUT2D eigenvalue weighted by Gasteiger charge is 2.15. The smallest absolute Gasteiger partial charge is 0.203 e. The predicted octanol–water partition coefficient (Wildman–Crippen LogP) is 4.20. The van der Waals surface area contributed by atoms with Gasteiger partial charge in [-0.2, -0.15) is 0 Å². The summed E-state index contributed by atoms with van der Waals surface area (Å²) < 4.78 is 6.23. The molecule has 3 nitrogen and oxygen atoms in total. The van der Waals surface area contributed by atoms with Crippen LogP contribution in [-0.2, 0) is 0 Å². The van der Waals surface area contributed by atoms with E-state index in [0.717, 1.165) is 21.4 Å². The molecule has 0 aliphatic rings. The lowest BCUT2D eigenvalue weighted by molar-refractivity contribution is 0.106.